The van der Waals surface area contributed by atoms with Gasteiger partial charge in [-0.3, -0.25) is 10.1 Å². The highest BCUT2D eigenvalue weighted by atomic mass is 32.2. The van der Waals surface area contributed by atoms with Gasteiger partial charge < -0.3 is 5.73 Å². The smallest absolute Gasteiger partial charge is 0.292 e. The second-order valence-electron chi connectivity index (χ2n) is 3.14. The molecule has 1 aromatic rings. The highest BCUT2D eigenvalue weighted by Gasteiger charge is 2.07. The van der Waals surface area contributed by atoms with Crippen molar-refractivity contribution < 1.29 is 13.3 Å². The zero-order chi connectivity index (χ0) is 13.5. The maximum atomic E-state index is 10.4. The molecule has 0 heterocycles. The molecule has 0 bridgehead atoms. The highest BCUT2D eigenvalue weighted by Crippen LogP contribution is 2.18. The topological polar surface area (TPSA) is 103 Å². The van der Waals surface area contributed by atoms with E-state index in [1.54, 1.807) is 26.0 Å². The van der Waals surface area contributed by atoms with E-state index < -0.39 is 14.8 Å². The summed E-state index contributed by atoms with van der Waals surface area (Å²) in [6.45, 7) is 3.30. The van der Waals surface area contributed by atoms with Crippen LogP contribution in [0.4, 0.5) is 11.4 Å². The van der Waals surface area contributed by atoms with Gasteiger partial charge in [0.15, 0.2) is 0 Å². The second-order valence-corrected chi connectivity index (χ2v) is 5.78. The number of rotatable bonds is 3. The van der Waals surface area contributed by atoms with Crippen molar-refractivity contribution in [3.8, 4) is 0 Å². The maximum Gasteiger partial charge on any atom is 0.292 e. The van der Waals surface area contributed by atoms with Crippen LogP contribution in [0.5, 0.6) is 0 Å². The van der Waals surface area contributed by atoms with Crippen molar-refractivity contribution in [3.05, 3.63) is 34.4 Å². The van der Waals surface area contributed by atoms with Crippen molar-refractivity contribution in [2.24, 2.45) is 0 Å². The Balaban J connectivity index is 0.000000325. The van der Waals surface area contributed by atoms with E-state index in [2.05, 4.69) is 0 Å². The lowest BCUT2D eigenvalue weighted by Crippen LogP contribution is -2.04. The Hall–Kier alpha value is -1.63. The van der Waals surface area contributed by atoms with Gasteiger partial charge in [-0.2, -0.15) is 0 Å². The van der Waals surface area contributed by atoms with Crippen LogP contribution in [0.2, 0.25) is 0 Å². The Morgan fingerprint density at radius 2 is 1.71 bits per heavy atom. The van der Waals surface area contributed by atoms with E-state index in [0.29, 0.717) is 0 Å². The number of hydrogen-bond acceptors (Lipinski definition) is 5. The minimum Gasteiger partial charge on any atom is -0.393 e. The standard InChI is InChI=1S/C6H6N2O2.C4H10O2S/c7-5-3-1-2-4-6(5)8(9)10;1-3-7(5,6)4-2/h1-4H,7H2;3-4H2,1-2H3. The van der Waals surface area contributed by atoms with Crippen LogP contribution in [-0.4, -0.2) is 24.8 Å². The van der Waals surface area contributed by atoms with E-state index in [-0.39, 0.29) is 22.9 Å². The summed E-state index contributed by atoms with van der Waals surface area (Å²) in [7, 11) is -2.66. The zero-order valence-electron chi connectivity index (χ0n) is 9.79. The van der Waals surface area contributed by atoms with Gasteiger partial charge in [-0.05, 0) is 6.07 Å². The summed E-state index contributed by atoms with van der Waals surface area (Å²) in [5.41, 5.74) is 5.44. The van der Waals surface area contributed by atoms with Crippen molar-refractivity contribution >= 4 is 21.2 Å². The normalized spacial score (nSPS) is 10.2. The predicted molar refractivity (Wildman–Crippen MR) is 67.5 cm³/mol. The molecule has 6 nitrogen and oxygen atoms in total. The molecule has 0 saturated carbocycles. The average Bonchev–Trinajstić information content (AvgIpc) is 2.30. The van der Waals surface area contributed by atoms with Crippen LogP contribution < -0.4 is 5.73 Å². The third-order valence-corrected chi connectivity index (χ3v) is 3.77. The molecule has 0 spiro atoms. The van der Waals surface area contributed by atoms with Gasteiger partial charge in [0, 0.05) is 17.6 Å². The molecule has 17 heavy (non-hydrogen) atoms. The van der Waals surface area contributed by atoms with Crippen molar-refractivity contribution in [2.45, 2.75) is 13.8 Å². The number of para-hydroxylation sites is 2. The predicted octanol–water partition coefficient (Wildman–Crippen LogP) is 1.62. The quantitative estimate of drug-likeness (QED) is 0.505. The van der Waals surface area contributed by atoms with E-state index in [4.69, 9.17) is 5.73 Å². The largest absolute Gasteiger partial charge is 0.393 e. The molecule has 7 heteroatoms. The lowest BCUT2D eigenvalue weighted by Gasteiger charge is -1.92. The summed E-state index contributed by atoms with van der Waals surface area (Å²) in [6.07, 6.45) is 0. The van der Waals surface area contributed by atoms with E-state index in [0.717, 1.165) is 0 Å². The van der Waals surface area contributed by atoms with Crippen molar-refractivity contribution in [2.75, 3.05) is 17.2 Å². The molecule has 0 saturated heterocycles. The third kappa shape index (κ3) is 5.86. The number of nitro benzene ring substituents is 1. The Morgan fingerprint density at radius 3 is 1.94 bits per heavy atom. The van der Waals surface area contributed by atoms with Gasteiger partial charge in [0.25, 0.3) is 5.69 Å². The van der Waals surface area contributed by atoms with Crippen molar-refractivity contribution in [3.63, 3.8) is 0 Å². The lowest BCUT2D eigenvalue weighted by atomic mass is 10.3. The third-order valence-electron chi connectivity index (χ3n) is 2.01. The van der Waals surface area contributed by atoms with Gasteiger partial charge >= 0.3 is 0 Å². The molecule has 1 rings (SSSR count). The first-order chi connectivity index (χ1) is 7.84. The van der Waals surface area contributed by atoms with Gasteiger partial charge in [0.1, 0.15) is 15.5 Å². The Morgan fingerprint density at radius 1 is 1.24 bits per heavy atom. The van der Waals surface area contributed by atoms with Crippen LogP contribution in [0.15, 0.2) is 24.3 Å². The number of nitro groups is 1. The Bertz CT molecular complexity index is 461. The summed E-state index contributed by atoms with van der Waals surface area (Å²) < 4.78 is 20.7. The number of sulfone groups is 1. The van der Waals surface area contributed by atoms with Crippen molar-refractivity contribution in [1.29, 1.82) is 0 Å². The van der Waals surface area contributed by atoms with Crippen molar-refractivity contribution in [1.82, 2.24) is 0 Å². The van der Waals surface area contributed by atoms with Gasteiger partial charge in [-0.1, -0.05) is 26.0 Å². The molecule has 0 aliphatic rings. The summed E-state index contributed by atoms with van der Waals surface area (Å²) in [5, 5.41) is 10.1. The van der Waals surface area contributed by atoms with E-state index >= 15 is 0 Å². The minimum atomic E-state index is -2.66. The van der Waals surface area contributed by atoms with Crippen LogP contribution >= 0.6 is 0 Å². The number of nitrogens with two attached hydrogens (primary N) is 1. The van der Waals surface area contributed by atoms with Crippen LogP contribution in [-0.2, 0) is 9.84 Å². The molecule has 0 amide bonds. The molecule has 0 radical (unpaired) electrons. The minimum absolute atomic E-state index is 0.0394. The number of nitrogen functional groups attached to an aromatic ring is 1. The monoisotopic (exact) mass is 260 g/mol. The molecule has 2 N–H and O–H groups in total. The van der Waals surface area contributed by atoms with Gasteiger partial charge in [-0.25, -0.2) is 8.42 Å². The molecule has 1 aromatic carbocycles. The fourth-order valence-electron chi connectivity index (χ4n) is 0.858. The fourth-order valence-corrected chi connectivity index (χ4v) is 1.27. The number of anilines is 1. The van der Waals surface area contributed by atoms with Gasteiger partial charge in [0.05, 0.1) is 4.92 Å². The zero-order valence-corrected chi connectivity index (χ0v) is 10.6. The van der Waals surface area contributed by atoms with Crippen LogP contribution in [0.25, 0.3) is 0 Å². The molecule has 0 aliphatic carbocycles. The molecule has 0 aromatic heterocycles. The first-order valence-corrected chi connectivity index (χ1v) is 6.85. The molecule has 0 aliphatic heterocycles. The molecule has 0 atom stereocenters. The average molecular weight is 260 g/mol. The van der Waals surface area contributed by atoms with Crippen LogP contribution in [0.3, 0.4) is 0 Å². The Labute approximate surface area is 101 Å². The molecular formula is C10H16N2O4S. The molecule has 0 unspecified atom stereocenters. The summed E-state index contributed by atoms with van der Waals surface area (Å²) in [4.78, 5) is 9.64. The fraction of sp³-hybridized carbons (Fsp3) is 0.400. The SMILES string of the molecule is CCS(=O)(=O)CC.Nc1ccccc1[N+](=O)[O-]. The first-order valence-electron chi connectivity index (χ1n) is 5.03. The van der Waals surface area contributed by atoms with E-state index in [1.165, 1.54) is 12.1 Å². The molecule has 96 valence electrons. The summed E-state index contributed by atoms with van der Waals surface area (Å²) in [5.74, 6) is 0.535. The lowest BCUT2D eigenvalue weighted by molar-refractivity contribution is -0.383. The Kier molecular flexibility index (Phi) is 6.19. The highest BCUT2D eigenvalue weighted by molar-refractivity contribution is 7.91. The number of benzene rings is 1. The van der Waals surface area contributed by atoms with Gasteiger partial charge in [-0.15, -0.1) is 0 Å². The van der Waals surface area contributed by atoms with Crippen LogP contribution in [0.1, 0.15) is 13.8 Å². The second kappa shape index (κ2) is 6.85. The maximum absolute atomic E-state index is 10.4. The molecule has 0 fully saturated rings. The first kappa shape index (κ1) is 15.4. The van der Waals surface area contributed by atoms with E-state index in [9.17, 15) is 18.5 Å². The number of hydrogen-bond donors (Lipinski definition) is 1. The van der Waals surface area contributed by atoms with Crippen LogP contribution in [0, 0.1) is 10.1 Å². The number of nitrogens with zero attached hydrogens (tertiary/aromatic N) is 1. The summed E-state index contributed by atoms with van der Waals surface area (Å²) in [6, 6.07) is 6.10. The van der Waals surface area contributed by atoms with E-state index in [1.807, 2.05) is 0 Å². The van der Waals surface area contributed by atoms with Gasteiger partial charge in [0.2, 0.25) is 0 Å². The molecular weight excluding hydrogens is 244 g/mol. The summed E-state index contributed by atoms with van der Waals surface area (Å²) >= 11 is 0.